The van der Waals surface area contributed by atoms with Gasteiger partial charge in [-0.15, -0.1) is 0 Å². The third-order valence-corrected chi connectivity index (χ3v) is 6.37. The van der Waals surface area contributed by atoms with E-state index >= 15 is 0 Å². The SMILES string of the molecule is COc1ccc(C2=CC(c3ccc(OC)cc3)=C3N=C(C(C)(C)C)N=C4N=C(C(C)(C)C)N=C2N43)cc1. The van der Waals surface area contributed by atoms with Crippen molar-refractivity contribution >= 4 is 34.6 Å². The summed E-state index contributed by atoms with van der Waals surface area (Å²) in [5, 5.41) is 0. The van der Waals surface area contributed by atoms with Crippen LogP contribution in [-0.2, 0) is 0 Å². The summed E-state index contributed by atoms with van der Waals surface area (Å²) >= 11 is 0. The number of rotatable bonds is 4. The second-order valence-corrected chi connectivity index (χ2v) is 11.3. The van der Waals surface area contributed by atoms with Crippen molar-refractivity contribution in [2.24, 2.45) is 30.8 Å². The summed E-state index contributed by atoms with van der Waals surface area (Å²) in [4.78, 5) is 22.1. The Morgan fingerprint density at radius 3 is 1.65 bits per heavy atom. The molecular weight excluding hydrogens is 462 g/mol. The van der Waals surface area contributed by atoms with Crippen LogP contribution in [0.25, 0.3) is 11.1 Å². The summed E-state index contributed by atoms with van der Waals surface area (Å²) in [5.74, 6) is 5.21. The number of hydrogen-bond donors (Lipinski definition) is 0. The maximum absolute atomic E-state index is 5.40. The molecule has 3 aliphatic rings. The molecule has 7 nitrogen and oxygen atoms in total. The lowest BCUT2D eigenvalue weighted by molar-refractivity contribution is 0.414. The van der Waals surface area contributed by atoms with Crippen molar-refractivity contribution in [1.29, 1.82) is 0 Å². The van der Waals surface area contributed by atoms with Gasteiger partial charge in [0.15, 0.2) is 11.7 Å². The Bertz CT molecular complexity index is 1420. The summed E-state index contributed by atoms with van der Waals surface area (Å²) in [5.41, 5.74) is 3.45. The van der Waals surface area contributed by atoms with Gasteiger partial charge in [0, 0.05) is 22.0 Å². The first-order chi connectivity index (χ1) is 17.5. The van der Waals surface area contributed by atoms with Gasteiger partial charge in [-0.3, -0.25) is 0 Å². The molecule has 190 valence electrons. The van der Waals surface area contributed by atoms with E-state index < -0.39 is 0 Å². The van der Waals surface area contributed by atoms with Gasteiger partial charge in [0.2, 0.25) is 5.96 Å². The van der Waals surface area contributed by atoms with Crippen LogP contribution in [0.3, 0.4) is 0 Å². The predicted octanol–water partition coefficient (Wildman–Crippen LogP) is 6.44. The molecule has 7 heteroatoms. The fourth-order valence-corrected chi connectivity index (χ4v) is 4.23. The molecule has 0 aromatic heterocycles. The Balaban J connectivity index is 1.81. The van der Waals surface area contributed by atoms with Gasteiger partial charge < -0.3 is 9.47 Å². The molecule has 0 radical (unpaired) electrons. The Morgan fingerprint density at radius 1 is 0.622 bits per heavy atom. The van der Waals surface area contributed by atoms with Crippen LogP contribution in [0.2, 0.25) is 0 Å². The molecule has 2 aromatic carbocycles. The molecule has 0 fully saturated rings. The van der Waals surface area contributed by atoms with E-state index in [9.17, 15) is 0 Å². The van der Waals surface area contributed by atoms with E-state index in [1.165, 1.54) is 0 Å². The fourth-order valence-electron chi connectivity index (χ4n) is 4.23. The third-order valence-electron chi connectivity index (χ3n) is 6.37. The first-order valence-corrected chi connectivity index (χ1v) is 12.4. The zero-order valence-corrected chi connectivity index (χ0v) is 22.7. The van der Waals surface area contributed by atoms with E-state index in [0.717, 1.165) is 57.1 Å². The van der Waals surface area contributed by atoms with Crippen molar-refractivity contribution in [3.8, 4) is 11.5 Å². The average molecular weight is 496 g/mol. The van der Waals surface area contributed by atoms with Gasteiger partial charge in [0.05, 0.1) is 14.2 Å². The minimum absolute atomic E-state index is 0.261. The van der Waals surface area contributed by atoms with Crippen molar-refractivity contribution in [1.82, 2.24) is 4.90 Å². The minimum Gasteiger partial charge on any atom is -0.497 e. The van der Waals surface area contributed by atoms with Crippen LogP contribution in [0.5, 0.6) is 11.5 Å². The van der Waals surface area contributed by atoms with Crippen molar-refractivity contribution in [3.63, 3.8) is 0 Å². The molecule has 0 saturated carbocycles. The Kier molecular flexibility index (Phi) is 5.89. The second kappa shape index (κ2) is 8.83. The highest BCUT2D eigenvalue weighted by Crippen LogP contribution is 2.41. The maximum Gasteiger partial charge on any atom is 0.240 e. The second-order valence-electron chi connectivity index (χ2n) is 11.3. The van der Waals surface area contributed by atoms with E-state index in [0.29, 0.717) is 5.96 Å². The third kappa shape index (κ3) is 4.50. The molecule has 0 spiro atoms. The van der Waals surface area contributed by atoms with Crippen LogP contribution in [0.15, 0.2) is 80.4 Å². The number of benzene rings is 2. The molecule has 0 N–H and O–H groups in total. The summed E-state index contributed by atoms with van der Waals surface area (Å²) < 4.78 is 10.8. The number of guanidine groups is 1. The molecule has 0 bridgehead atoms. The van der Waals surface area contributed by atoms with E-state index in [4.69, 9.17) is 29.4 Å². The van der Waals surface area contributed by atoms with E-state index in [-0.39, 0.29) is 10.8 Å². The van der Waals surface area contributed by atoms with Crippen LogP contribution in [-0.4, -0.2) is 42.6 Å². The molecular formula is C30H33N5O2. The van der Waals surface area contributed by atoms with E-state index in [1.54, 1.807) is 14.2 Å². The molecule has 0 aliphatic carbocycles. The molecule has 3 heterocycles. The molecule has 0 amide bonds. The van der Waals surface area contributed by atoms with E-state index in [2.05, 4.69) is 71.9 Å². The lowest BCUT2D eigenvalue weighted by Gasteiger charge is -2.38. The number of nitrogens with zero attached hydrogens (tertiary/aromatic N) is 5. The first kappa shape index (κ1) is 24.7. The largest absolute Gasteiger partial charge is 0.497 e. The Morgan fingerprint density at radius 2 is 1.14 bits per heavy atom. The highest BCUT2D eigenvalue weighted by Gasteiger charge is 2.40. The number of allylic oxidation sites excluding steroid dienone is 2. The standard InChI is InChI=1S/C30H33N5O2/c1-29(2,3)26-31-24-22(18-9-13-20(36-7)14-10-18)17-23(19-11-15-21(37-8)16-12-19)25-32-27(30(4,5)6)34-28(33-26)35(24)25/h9-17H,1-8H3. The van der Waals surface area contributed by atoms with Gasteiger partial charge in [0.25, 0.3) is 0 Å². The molecule has 3 aliphatic heterocycles. The number of methoxy groups -OCH3 is 2. The lowest BCUT2D eigenvalue weighted by Crippen LogP contribution is -2.46. The molecule has 0 atom stereocenters. The number of hydrogen-bond acceptors (Lipinski definition) is 7. The van der Waals surface area contributed by atoms with Crippen molar-refractivity contribution < 1.29 is 9.47 Å². The van der Waals surface area contributed by atoms with Gasteiger partial charge in [-0.25, -0.2) is 14.9 Å². The van der Waals surface area contributed by atoms with Crippen LogP contribution in [0.1, 0.15) is 52.7 Å². The predicted molar refractivity (Wildman–Crippen MR) is 151 cm³/mol. The van der Waals surface area contributed by atoms with Gasteiger partial charge in [0.1, 0.15) is 23.2 Å². The summed E-state index contributed by atoms with van der Waals surface area (Å²) in [6, 6.07) is 16.1. The molecule has 5 rings (SSSR count). The van der Waals surface area contributed by atoms with Crippen molar-refractivity contribution in [2.75, 3.05) is 14.2 Å². The zero-order chi connectivity index (χ0) is 26.5. The number of ether oxygens (including phenoxy) is 2. The summed E-state index contributed by atoms with van der Waals surface area (Å²) in [7, 11) is 3.34. The highest BCUT2D eigenvalue weighted by molar-refractivity contribution is 6.36. The number of amidine groups is 3. The Labute approximate surface area is 218 Å². The van der Waals surface area contributed by atoms with Crippen LogP contribution in [0.4, 0.5) is 0 Å². The average Bonchev–Trinajstić information content (AvgIpc) is 2.87. The topological polar surface area (TPSA) is 71.1 Å². The number of aliphatic imine (C=N–C) groups is 4. The fraction of sp³-hybridized carbons (Fsp3) is 0.333. The highest BCUT2D eigenvalue weighted by atomic mass is 16.5. The molecule has 0 unspecified atom stereocenters. The van der Waals surface area contributed by atoms with E-state index in [1.807, 2.05) is 29.2 Å². The molecule has 37 heavy (non-hydrogen) atoms. The minimum atomic E-state index is -0.261. The summed E-state index contributed by atoms with van der Waals surface area (Å²) in [6.07, 6.45) is 2.17. The van der Waals surface area contributed by atoms with Gasteiger partial charge in [-0.05, 0) is 41.5 Å². The first-order valence-electron chi connectivity index (χ1n) is 12.4. The van der Waals surface area contributed by atoms with Gasteiger partial charge in [-0.1, -0.05) is 65.8 Å². The Hall–Kier alpha value is -4.00. The van der Waals surface area contributed by atoms with Crippen LogP contribution in [0, 0.1) is 10.8 Å². The van der Waals surface area contributed by atoms with Crippen LogP contribution < -0.4 is 9.47 Å². The normalized spacial score (nSPS) is 17.3. The van der Waals surface area contributed by atoms with Gasteiger partial charge in [-0.2, -0.15) is 9.98 Å². The summed E-state index contributed by atoms with van der Waals surface area (Å²) in [6.45, 7) is 12.7. The van der Waals surface area contributed by atoms with Crippen LogP contribution >= 0.6 is 0 Å². The maximum atomic E-state index is 5.40. The molecule has 0 saturated heterocycles. The quantitative estimate of drug-likeness (QED) is 0.490. The molecule has 2 aromatic rings. The smallest absolute Gasteiger partial charge is 0.240 e. The lowest BCUT2D eigenvalue weighted by atomic mass is 9.90. The van der Waals surface area contributed by atoms with Crippen molar-refractivity contribution in [3.05, 3.63) is 71.6 Å². The van der Waals surface area contributed by atoms with Gasteiger partial charge >= 0.3 is 0 Å². The zero-order valence-electron chi connectivity index (χ0n) is 22.7. The van der Waals surface area contributed by atoms with Crippen molar-refractivity contribution in [2.45, 2.75) is 41.5 Å². The monoisotopic (exact) mass is 495 g/mol.